The lowest BCUT2D eigenvalue weighted by Crippen LogP contribution is -2.36. The van der Waals surface area contributed by atoms with Gasteiger partial charge < -0.3 is 15.0 Å². The summed E-state index contributed by atoms with van der Waals surface area (Å²) in [5, 5.41) is 13.8. The summed E-state index contributed by atoms with van der Waals surface area (Å²) in [5.41, 5.74) is -2.62. The lowest BCUT2D eigenvalue weighted by Gasteiger charge is -2.24. The number of rotatable bonds is 3. The zero-order valence-corrected chi connectivity index (χ0v) is 14.5. The second kappa shape index (κ2) is 6.96. The molecule has 2 heterocycles. The van der Waals surface area contributed by atoms with Gasteiger partial charge in [-0.1, -0.05) is 0 Å². The number of anilines is 1. The van der Waals surface area contributed by atoms with Crippen LogP contribution in [0.3, 0.4) is 0 Å². The van der Waals surface area contributed by atoms with Crippen molar-refractivity contribution in [2.75, 3.05) is 18.4 Å². The van der Waals surface area contributed by atoms with Gasteiger partial charge in [0.1, 0.15) is 5.60 Å². The van der Waals surface area contributed by atoms with E-state index in [-0.39, 0.29) is 18.4 Å². The van der Waals surface area contributed by atoms with Crippen LogP contribution in [0.15, 0.2) is 12.3 Å². The van der Waals surface area contributed by atoms with Gasteiger partial charge in [-0.25, -0.2) is 9.78 Å². The molecule has 1 aliphatic rings. The van der Waals surface area contributed by atoms with Crippen molar-refractivity contribution >= 4 is 17.6 Å². The molecule has 1 aromatic rings. The minimum Gasteiger partial charge on any atom is -0.444 e. The van der Waals surface area contributed by atoms with Crippen LogP contribution in [-0.2, 0) is 10.9 Å². The highest BCUT2D eigenvalue weighted by molar-refractivity contribution is 5.69. The average molecular weight is 376 g/mol. The van der Waals surface area contributed by atoms with Crippen molar-refractivity contribution < 1.29 is 27.6 Å². The second-order valence-electron chi connectivity index (χ2n) is 6.90. The van der Waals surface area contributed by atoms with E-state index in [4.69, 9.17) is 4.74 Å². The Kier molecular flexibility index (Phi) is 5.28. The van der Waals surface area contributed by atoms with Crippen LogP contribution in [0, 0.1) is 10.1 Å². The monoisotopic (exact) mass is 376 g/mol. The molecule has 0 bridgehead atoms. The lowest BCUT2D eigenvalue weighted by molar-refractivity contribution is -0.384. The zero-order valence-electron chi connectivity index (χ0n) is 14.5. The highest BCUT2D eigenvalue weighted by Crippen LogP contribution is 2.34. The normalized spacial score (nSPS) is 17.9. The lowest BCUT2D eigenvalue weighted by atomic mass is 10.2. The van der Waals surface area contributed by atoms with Crippen molar-refractivity contribution in [2.24, 2.45) is 0 Å². The number of likely N-dealkylation sites (tertiary alicyclic amines) is 1. The topological polar surface area (TPSA) is 97.6 Å². The van der Waals surface area contributed by atoms with Crippen molar-refractivity contribution in [3.8, 4) is 0 Å². The Hall–Kier alpha value is -2.59. The Morgan fingerprint density at radius 1 is 1.42 bits per heavy atom. The van der Waals surface area contributed by atoms with Crippen LogP contribution in [0.5, 0.6) is 0 Å². The fourth-order valence-electron chi connectivity index (χ4n) is 2.42. The molecule has 1 saturated heterocycles. The fourth-order valence-corrected chi connectivity index (χ4v) is 2.42. The molecule has 0 unspecified atom stereocenters. The molecular weight excluding hydrogens is 357 g/mol. The number of ether oxygens (including phenoxy) is 1. The molecule has 0 spiro atoms. The van der Waals surface area contributed by atoms with E-state index in [1.54, 1.807) is 20.8 Å². The maximum atomic E-state index is 12.7. The number of alkyl halides is 3. The number of nitro groups is 1. The van der Waals surface area contributed by atoms with Crippen molar-refractivity contribution in [1.29, 1.82) is 0 Å². The maximum Gasteiger partial charge on any atom is 0.418 e. The number of hydrogen-bond acceptors (Lipinski definition) is 6. The van der Waals surface area contributed by atoms with Crippen molar-refractivity contribution in [3.05, 3.63) is 27.9 Å². The molecule has 26 heavy (non-hydrogen) atoms. The average Bonchev–Trinajstić information content (AvgIpc) is 2.93. The third-order valence-corrected chi connectivity index (χ3v) is 3.57. The van der Waals surface area contributed by atoms with Crippen LogP contribution >= 0.6 is 0 Å². The minimum atomic E-state index is -4.73. The number of nitrogens with zero attached hydrogens (tertiary/aromatic N) is 3. The smallest absolute Gasteiger partial charge is 0.418 e. The van der Waals surface area contributed by atoms with Crippen LogP contribution in [0.4, 0.5) is 29.5 Å². The molecular formula is C15H19F3N4O4. The second-order valence-corrected chi connectivity index (χ2v) is 6.90. The third kappa shape index (κ3) is 4.96. The molecule has 1 aliphatic heterocycles. The van der Waals surface area contributed by atoms with Crippen molar-refractivity contribution in [1.82, 2.24) is 9.88 Å². The molecule has 1 fully saturated rings. The van der Waals surface area contributed by atoms with Gasteiger partial charge in [-0.05, 0) is 27.2 Å². The number of nitrogens with one attached hydrogen (secondary N) is 1. The highest BCUT2D eigenvalue weighted by Gasteiger charge is 2.35. The summed E-state index contributed by atoms with van der Waals surface area (Å²) in [6.07, 6.45) is -4.25. The number of halogens is 3. The molecule has 0 aliphatic carbocycles. The molecule has 144 valence electrons. The highest BCUT2D eigenvalue weighted by atomic mass is 19.4. The number of aromatic nitrogens is 1. The summed E-state index contributed by atoms with van der Waals surface area (Å²) in [6.45, 7) is 5.75. The van der Waals surface area contributed by atoms with Crippen molar-refractivity contribution in [3.63, 3.8) is 0 Å². The first-order valence-corrected chi connectivity index (χ1v) is 7.83. The molecule has 1 amide bonds. The van der Waals surface area contributed by atoms with E-state index < -0.39 is 34.0 Å². The van der Waals surface area contributed by atoms with Gasteiger partial charge in [0, 0.05) is 31.4 Å². The first-order valence-electron chi connectivity index (χ1n) is 7.83. The summed E-state index contributed by atoms with van der Waals surface area (Å²) in [5.74, 6) is -0.265. The van der Waals surface area contributed by atoms with Crippen LogP contribution < -0.4 is 5.32 Å². The first kappa shape index (κ1) is 19.7. The van der Waals surface area contributed by atoms with Crippen LogP contribution in [-0.4, -0.2) is 45.6 Å². The van der Waals surface area contributed by atoms with Gasteiger partial charge in [-0.2, -0.15) is 13.2 Å². The van der Waals surface area contributed by atoms with Gasteiger partial charge in [0.05, 0.1) is 10.5 Å². The third-order valence-electron chi connectivity index (χ3n) is 3.57. The Morgan fingerprint density at radius 3 is 2.62 bits per heavy atom. The van der Waals surface area contributed by atoms with E-state index in [1.165, 1.54) is 4.90 Å². The Morgan fingerprint density at radius 2 is 2.08 bits per heavy atom. The summed E-state index contributed by atoms with van der Waals surface area (Å²) >= 11 is 0. The predicted molar refractivity (Wildman–Crippen MR) is 85.7 cm³/mol. The number of carbonyl (C=O) groups is 1. The van der Waals surface area contributed by atoms with E-state index >= 15 is 0 Å². The Balaban J connectivity index is 2.10. The Bertz CT molecular complexity index is 703. The number of carbonyl (C=O) groups excluding carboxylic acids is 1. The fraction of sp³-hybridized carbons (Fsp3) is 0.600. The maximum absolute atomic E-state index is 12.7. The van der Waals surface area contributed by atoms with E-state index in [0.29, 0.717) is 25.2 Å². The van der Waals surface area contributed by atoms with Crippen LogP contribution in [0.2, 0.25) is 0 Å². The number of pyridine rings is 1. The van der Waals surface area contributed by atoms with Gasteiger partial charge >= 0.3 is 18.0 Å². The zero-order chi connectivity index (χ0) is 19.7. The minimum absolute atomic E-state index is 0.203. The van der Waals surface area contributed by atoms with Gasteiger partial charge in [0.2, 0.25) is 5.82 Å². The Labute approximate surface area is 147 Å². The van der Waals surface area contributed by atoms with E-state index in [0.717, 1.165) is 0 Å². The summed E-state index contributed by atoms with van der Waals surface area (Å²) in [4.78, 5) is 27.1. The van der Waals surface area contributed by atoms with Gasteiger partial charge in [-0.3, -0.25) is 10.1 Å². The molecule has 11 heteroatoms. The molecule has 1 aromatic heterocycles. The SMILES string of the molecule is CC(C)(C)OC(=O)N1CC[C@H](Nc2ncc(C(F)(F)F)cc2[N+](=O)[O-])C1. The predicted octanol–water partition coefficient (Wildman–Crippen LogP) is 3.43. The van der Waals surface area contributed by atoms with Crippen molar-refractivity contribution in [2.45, 2.75) is 45.0 Å². The number of hydrogen-bond donors (Lipinski definition) is 1. The van der Waals surface area contributed by atoms with Gasteiger partial charge in [0.25, 0.3) is 0 Å². The quantitative estimate of drug-likeness (QED) is 0.641. The molecule has 1 atom stereocenters. The summed E-state index contributed by atoms with van der Waals surface area (Å²) in [7, 11) is 0. The van der Waals surface area contributed by atoms with E-state index in [9.17, 15) is 28.1 Å². The standard InChI is InChI=1S/C15H19F3N4O4/c1-14(2,3)26-13(23)21-5-4-10(8-21)20-12-11(22(24)25)6-9(7-19-12)15(16,17)18/h6-7,10H,4-5,8H2,1-3H3,(H,19,20)/t10-/m0/s1. The largest absolute Gasteiger partial charge is 0.444 e. The molecule has 0 aromatic carbocycles. The molecule has 1 N–H and O–H groups in total. The van der Waals surface area contributed by atoms with Crippen LogP contribution in [0.25, 0.3) is 0 Å². The molecule has 2 rings (SSSR count). The van der Waals surface area contributed by atoms with Gasteiger partial charge in [-0.15, -0.1) is 0 Å². The molecule has 8 nitrogen and oxygen atoms in total. The summed E-state index contributed by atoms with van der Waals surface area (Å²) in [6, 6.07) is 0.0566. The summed E-state index contributed by atoms with van der Waals surface area (Å²) < 4.78 is 43.4. The van der Waals surface area contributed by atoms with Crippen LogP contribution in [0.1, 0.15) is 32.8 Å². The molecule has 0 radical (unpaired) electrons. The first-order chi connectivity index (χ1) is 11.9. The van der Waals surface area contributed by atoms with E-state index in [1.807, 2.05) is 0 Å². The van der Waals surface area contributed by atoms with Gasteiger partial charge in [0.15, 0.2) is 0 Å². The van der Waals surface area contributed by atoms with E-state index in [2.05, 4.69) is 10.3 Å². The molecule has 0 saturated carbocycles. The number of amides is 1.